The smallest absolute Gasteiger partial charge is 0.308 e. The van der Waals surface area contributed by atoms with Crippen molar-refractivity contribution in [2.24, 2.45) is 10.2 Å². The Morgan fingerprint density at radius 2 is 2.00 bits per heavy atom. The third kappa shape index (κ3) is 3.91. The fourth-order valence-corrected chi connectivity index (χ4v) is 3.19. The molecule has 0 fully saturated rings. The van der Waals surface area contributed by atoms with Crippen molar-refractivity contribution in [2.75, 3.05) is 6.61 Å². The Hall–Kier alpha value is -3.95. The van der Waals surface area contributed by atoms with Crippen LogP contribution in [0.2, 0.25) is 0 Å². The highest BCUT2D eigenvalue weighted by atomic mass is 16.6. The Bertz CT molecular complexity index is 1220. The number of hydrogen-bond donors (Lipinski definition) is 2. The van der Waals surface area contributed by atoms with E-state index in [-0.39, 0.29) is 34.7 Å². The van der Waals surface area contributed by atoms with Gasteiger partial charge in [-0.1, -0.05) is 26.8 Å². The standard InChI is InChI=1S/C21H20N4O6/c1-21(2,3)11-4-7-15-16(8-11)31-17(10-30-15)19(26)24-23-18-13-9-12(25(28)29)5-6-14(13)22-20(18)27/h4-9,17,22,27H,10H2,1-3H3/t17-/m0/s1. The van der Waals surface area contributed by atoms with Gasteiger partial charge in [0.1, 0.15) is 6.61 Å². The number of ether oxygens (including phenoxy) is 2. The highest BCUT2D eigenvalue weighted by Gasteiger charge is 2.29. The number of nitro groups is 1. The maximum absolute atomic E-state index is 12.5. The minimum atomic E-state index is -1.01. The number of azo groups is 1. The molecule has 0 bridgehead atoms. The van der Waals surface area contributed by atoms with Gasteiger partial charge in [-0.15, -0.1) is 10.2 Å². The van der Waals surface area contributed by atoms with Crippen LogP contribution in [0.4, 0.5) is 11.4 Å². The molecule has 10 heteroatoms. The molecular formula is C21H20N4O6. The number of nitro benzene ring substituents is 1. The van der Waals surface area contributed by atoms with E-state index < -0.39 is 16.9 Å². The molecule has 4 rings (SSSR count). The van der Waals surface area contributed by atoms with Crippen molar-refractivity contribution >= 4 is 28.2 Å². The summed E-state index contributed by atoms with van der Waals surface area (Å²) in [6, 6.07) is 9.56. The van der Waals surface area contributed by atoms with Gasteiger partial charge in [0, 0.05) is 17.5 Å². The number of H-pyrrole nitrogens is 1. The summed E-state index contributed by atoms with van der Waals surface area (Å²) in [6.45, 7) is 6.15. The Balaban J connectivity index is 1.57. The Labute approximate surface area is 176 Å². The molecule has 0 unspecified atom stereocenters. The van der Waals surface area contributed by atoms with Crippen LogP contribution in [0, 0.1) is 10.1 Å². The van der Waals surface area contributed by atoms with Gasteiger partial charge in [-0.25, -0.2) is 0 Å². The van der Waals surface area contributed by atoms with Crippen molar-refractivity contribution < 1.29 is 24.3 Å². The van der Waals surface area contributed by atoms with Gasteiger partial charge in [0.2, 0.25) is 12.0 Å². The quantitative estimate of drug-likeness (QED) is 0.360. The van der Waals surface area contributed by atoms with Crippen molar-refractivity contribution in [3.8, 4) is 17.4 Å². The van der Waals surface area contributed by atoms with E-state index in [9.17, 15) is 20.0 Å². The second-order valence-electron chi connectivity index (χ2n) is 8.18. The first-order valence-corrected chi connectivity index (χ1v) is 9.52. The van der Waals surface area contributed by atoms with Gasteiger partial charge in [0.05, 0.1) is 10.4 Å². The minimum Gasteiger partial charge on any atom is -0.493 e. The molecular weight excluding hydrogens is 404 g/mol. The van der Waals surface area contributed by atoms with Crippen LogP contribution in [-0.2, 0) is 10.2 Å². The van der Waals surface area contributed by atoms with Crippen molar-refractivity contribution in [3.63, 3.8) is 0 Å². The number of amides is 1. The molecule has 0 saturated carbocycles. The predicted molar refractivity (Wildman–Crippen MR) is 111 cm³/mol. The lowest BCUT2D eigenvalue weighted by Gasteiger charge is -2.27. The summed E-state index contributed by atoms with van der Waals surface area (Å²) >= 11 is 0. The monoisotopic (exact) mass is 424 g/mol. The number of aromatic nitrogens is 1. The van der Waals surface area contributed by atoms with Gasteiger partial charge in [0.15, 0.2) is 17.2 Å². The molecule has 0 saturated heterocycles. The maximum atomic E-state index is 12.5. The summed E-state index contributed by atoms with van der Waals surface area (Å²) in [4.78, 5) is 25.6. The highest BCUT2D eigenvalue weighted by molar-refractivity contribution is 5.96. The van der Waals surface area contributed by atoms with Gasteiger partial charge in [-0.3, -0.25) is 14.9 Å². The molecule has 0 aliphatic carbocycles. The molecule has 0 radical (unpaired) electrons. The minimum absolute atomic E-state index is 0.0367. The molecule has 1 aliphatic rings. The largest absolute Gasteiger partial charge is 0.493 e. The van der Waals surface area contributed by atoms with Crippen LogP contribution in [0.15, 0.2) is 46.6 Å². The molecule has 1 atom stereocenters. The number of non-ortho nitro benzene ring substituents is 1. The van der Waals surface area contributed by atoms with Crippen LogP contribution in [0.3, 0.4) is 0 Å². The molecule has 2 aromatic carbocycles. The number of rotatable bonds is 3. The number of carbonyl (C=O) groups is 1. The number of aromatic hydroxyl groups is 1. The van der Waals surface area contributed by atoms with E-state index in [1.165, 1.54) is 18.2 Å². The number of benzene rings is 2. The second-order valence-corrected chi connectivity index (χ2v) is 8.18. The first-order chi connectivity index (χ1) is 14.6. The van der Waals surface area contributed by atoms with E-state index in [1.54, 1.807) is 6.07 Å². The van der Waals surface area contributed by atoms with Gasteiger partial charge in [0.25, 0.3) is 5.69 Å². The van der Waals surface area contributed by atoms with Crippen LogP contribution in [0.25, 0.3) is 10.9 Å². The van der Waals surface area contributed by atoms with E-state index in [0.29, 0.717) is 17.0 Å². The van der Waals surface area contributed by atoms with Crippen molar-refractivity contribution in [1.29, 1.82) is 0 Å². The topological polar surface area (TPSA) is 139 Å². The van der Waals surface area contributed by atoms with Crippen LogP contribution in [0.1, 0.15) is 26.3 Å². The average molecular weight is 424 g/mol. The van der Waals surface area contributed by atoms with Gasteiger partial charge in [-0.2, -0.15) is 0 Å². The van der Waals surface area contributed by atoms with E-state index in [4.69, 9.17) is 9.47 Å². The Kier molecular flexibility index (Phi) is 4.84. The van der Waals surface area contributed by atoms with E-state index >= 15 is 0 Å². The van der Waals surface area contributed by atoms with Crippen LogP contribution in [0.5, 0.6) is 17.4 Å². The number of nitrogens with one attached hydrogen (secondary N) is 1. The molecule has 2 N–H and O–H groups in total. The molecule has 2 heterocycles. The lowest BCUT2D eigenvalue weighted by Crippen LogP contribution is -2.35. The summed E-state index contributed by atoms with van der Waals surface area (Å²) in [5, 5.41) is 28.8. The summed E-state index contributed by atoms with van der Waals surface area (Å²) in [7, 11) is 0. The first kappa shape index (κ1) is 20.3. The molecule has 160 valence electrons. The predicted octanol–water partition coefficient (Wildman–Crippen LogP) is 4.53. The third-order valence-corrected chi connectivity index (χ3v) is 4.94. The summed E-state index contributed by atoms with van der Waals surface area (Å²) < 4.78 is 11.4. The molecule has 3 aromatic rings. The maximum Gasteiger partial charge on any atom is 0.308 e. The van der Waals surface area contributed by atoms with Gasteiger partial charge < -0.3 is 19.6 Å². The van der Waals surface area contributed by atoms with Gasteiger partial charge >= 0.3 is 5.91 Å². The zero-order valence-electron chi connectivity index (χ0n) is 17.1. The highest BCUT2D eigenvalue weighted by Crippen LogP contribution is 2.38. The zero-order valence-corrected chi connectivity index (χ0v) is 17.1. The zero-order chi connectivity index (χ0) is 22.3. The molecule has 10 nitrogen and oxygen atoms in total. The van der Waals surface area contributed by atoms with E-state index in [0.717, 1.165) is 5.56 Å². The van der Waals surface area contributed by atoms with Crippen LogP contribution < -0.4 is 9.47 Å². The molecule has 1 aliphatic heterocycles. The Morgan fingerprint density at radius 1 is 1.23 bits per heavy atom. The summed E-state index contributed by atoms with van der Waals surface area (Å²) in [5.41, 5.74) is 1.09. The number of carbonyl (C=O) groups excluding carboxylic acids is 1. The fraction of sp³-hybridized carbons (Fsp3) is 0.286. The van der Waals surface area contributed by atoms with Gasteiger partial charge in [-0.05, 0) is 29.2 Å². The molecule has 31 heavy (non-hydrogen) atoms. The van der Waals surface area contributed by atoms with E-state index in [2.05, 4.69) is 36.0 Å². The lowest BCUT2D eigenvalue weighted by atomic mass is 9.87. The molecule has 1 amide bonds. The number of hydrogen-bond acceptors (Lipinski definition) is 7. The summed E-state index contributed by atoms with van der Waals surface area (Å²) in [5.74, 6) is -0.0765. The lowest BCUT2D eigenvalue weighted by molar-refractivity contribution is -0.384. The second kappa shape index (κ2) is 7.38. The molecule has 0 spiro atoms. The van der Waals surface area contributed by atoms with E-state index in [1.807, 2.05) is 12.1 Å². The number of aromatic amines is 1. The van der Waals surface area contributed by atoms with Crippen molar-refractivity contribution in [1.82, 2.24) is 4.98 Å². The number of nitrogens with zero attached hydrogens (tertiary/aromatic N) is 3. The normalized spacial score (nSPS) is 16.0. The molecule has 1 aromatic heterocycles. The van der Waals surface area contributed by atoms with Crippen molar-refractivity contribution in [2.45, 2.75) is 32.3 Å². The van der Waals surface area contributed by atoms with Crippen molar-refractivity contribution in [3.05, 3.63) is 52.1 Å². The fourth-order valence-electron chi connectivity index (χ4n) is 3.19. The SMILES string of the molecule is CC(C)(C)c1ccc2c(c1)O[C@H](C(=O)N=Nc1c(O)[nH]c3ccc([N+](=O)[O-])cc13)CO2. The van der Waals surface area contributed by atoms with Crippen LogP contribution >= 0.6 is 0 Å². The summed E-state index contributed by atoms with van der Waals surface area (Å²) in [6.07, 6.45) is -1.01. The first-order valence-electron chi connectivity index (χ1n) is 9.52. The Morgan fingerprint density at radius 3 is 2.71 bits per heavy atom. The third-order valence-electron chi connectivity index (χ3n) is 4.94. The number of fused-ring (bicyclic) bond motifs is 2. The van der Waals surface area contributed by atoms with Crippen LogP contribution in [-0.4, -0.2) is 33.6 Å². The average Bonchev–Trinajstić information content (AvgIpc) is 3.04.